The Morgan fingerprint density at radius 3 is 1.98 bits per heavy atom. The molecule has 4 aliphatic carbocycles. The van der Waals surface area contributed by atoms with Gasteiger partial charge in [-0.05, 0) is 84.7 Å². The minimum absolute atomic E-state index is 0.0507. The maximum absolute atomic E-state index is 13.9. The Morgan fingerprint density at radius 1 is 0.767 bits per heavy atom. The molecule has 216 valence electrons. The van der Waals surface area contributed by atoms with E-state index in [1.165, 1.54) is 42.5 Å². The van der Waals surface area contributed by atoms with E-state index >= 15 is 0 Å². The smallest absolute Gasteiger partial charge is 0.343 e. The molecular weight excluding hydrogens is 591 g/mol. The highest BCUT2D eigenvalue weighted by Crippen LogP contribution is 2.65. The summed E-state index contributed by atoms with van der Waals surface area (Å²) in [5.41, 5.74) is 0.649. The van der Waals surface area contributed by atoms with Crippen LogP contribution >= 0.6 is 23.2 Å². The molecule has 0 aromatic heterocycles. The molecule has 10 heteroatoms. The van der Waals surface area contributed by atoms with E-state index in [4.69, 9.17) is 27.9 Å². The fourth-order valence-corrected chi connectivity index (χ4v) is 7.17. The predicted octanol–water partition coefficient (Wildman–Crippen LogP) is 5.51. The summed E-state index contributed by atoms with van der Waals surface area (Å²) in [6.07, 6.45) is 5.07. The number of halogens is 2. The Morgan fingerprint density at radius 2 is 1.37 bits per heavy atom. The Bertz CT molecular complexity index is 1690. The lowest BCUT2D eigenvalue weighted by molar-refractivity contribution is -0.154. The molecule has 0 unspecified atom stereocenters. The largest absolute Gasteiger partial charge is 0.423 e. The predicted molar refractivity (Wildman–Crippen MR) is 156 cm³/mol. The molecule has 1 aliphatic heterocycles. The number of benzene rings is 3. The number of hydrogen-bond acceptors (Lipinski definition) is 6. The summed E-state index contributed by atoms with van der Waals surface area (Å²) in [4.78, 5) is 67.5. The van der Waals surface area contributed by atoms with Crippen LogP contribution in [0.5, 0.6) is 5.75 Å². The van der Waals surface area contributed by atoms with Crippen molar-refractivity contribution in [1.82, 2.24) is 10.0 Å². The van der Waals surface area contributed by atoms with Gasteiger partial charge in [-0.1, -0.05) is 53.6 Å². The van der Waals surface area contributed by atoms with E-state index in [1.807, 2.05) is 12.2 Å². The van der Waals surface area contributed by atoms with E-state index in [1.54, 1.807) is 30.3 Å². The molecule has 3 amide bonds. The summed E-state index contributed by atoms with van der Waals surface area (Å²) >= 11 is 12.2. The van der Waals surface area contributed by atoms with Gasteiger partial charge in [0, 0.05) is 11.1 Å². The van der Waals surface area contributed by atoms with Crippen LogP contribution in [0.25, 0.3) is 0 Å². The van der Waals surface area contributed by atoms with Gasteiger partial charge in [0.15, 0.2) is 5.78 Å². The van der Waals surface area contributed by atoms with E-state index in [9.17, 15) is 24.0 Å². The van der Waals surface area contributed by atoms with Crippen LogP contribution in [-0.4, -0.2) is 46.0 Å². The average Bonchev–Trinajstić information content (AvgIpc) is 3.80. The molecule has 8 nitrogen and oxygen atoms in total. The van der Waals surface area contributed by atoms with Gasteiger partial charge in [0.1, 0.15) is 12.3 Å². The summed E-state index contributed by atoms with van der Waals surface area (Å²) in [6, 6.07) is 18.6. The number of ketones is 1. The second-order valence-electron chi connectivity index (χ2n) is 11.3. The lowest BCUT2D eigenvalue weighted by Crippen LogP contribution is -2.52. The monoisotopic (exact) mass is 614 g/mol. The van der Waals surface area contributed by atoms with Crippen molar-refractivity contribution in [2.24, 2.45) is 35.5 Å². The molecule has 3 fully saturated rings. The number of hydrogen-bond donors (Lipinski definition) is 0. The van der Waals surface area contributed by atoms with E-state index in [2.05, 4.69) is 0 Å². The van der Waals surface area contributed by atoms with Crippen molar-refractivity contribution in [1.29, 1.82) is 0 Å². The van der Waals surface area contributed by atoms with Crippen molar-refractivity contribution in [3.8, 4) is 5.75 Å². The third-order valence-electron chi connectivity index (χ3n) is 8.97. The van der Waals surface area contributed by atoms with Crippen LogP contribution in [-0.2, 0) is 9.59 Å². The van der Waals surface area contributed by atoms with Gasteiger partial charge >= 0.3 is 5.97 Å². The number of hydrazine groups is 1. The number of rotatable bonds is 7. The molecule has 1 heterocycles. The van der Waals surface area contributed by atoms with Crippen LogP contribution in [0.15, 0.2) is 84.9 Å². The van der Waals surface area contributed by atoms with Crippen LogP contribution in [0.4, 0.5) is 0 Å². The molecule has 3 aromatic carbocycles. The molecular formula is C33H24Cl2N2O6. The summed E-state index contributed by atoms with van der Waals surface area (Å²) in [7, 11) is 0. The highest BCUT2D eigenvalue weighted by Gasteiger charge is 2.68. The molecule has 0 radical (unpaired) electrons. The lowest BCUT2D eigenvalue weighted by atomic mass is 9.63. The zero-order chi connectivity index (χ0) is 30.0. The van der Waals surface area contributed by atoms with Crippen molar-refractivity contribution in [2.45, 2.75) is 6.42 Å². The number of amides is 3. The summed E-state index contributed by atoms with van der Waals surface area (Å²) in [5.74, 6) is -2.96. The Hall–Kier alpha value is -4.27. The first-order chi connectivity index (χ1) is 20.7. The third kappa shape index (κ3) is 4.65. The van der Waals surface area contributed by atoms with Gasteiger partial charge in [0.25, 0.3) is 17.7 Å². The fourth-order valence-electron chi connectivity index (χ4n) is 6.87. The second kappa shape index (κ2) is 10.5. The van der Waals surface area contributed by atoms with E-state index in [0.717, 1.165) is 16.4 Å². The number of ether oxygens (including phenoxy) is 1. The van der Waals surface area contributed by atoms with Crippen LogP contribution in [0, 0.1) is 35.5 Å². The van der Waals surface area contributed by atoms with E-state index in [0.29, 0.717) is 17.4 Å². The SMILES string of the molecule is O=C(CN(C(=O)c1ccc(Cl)c(Cl)c1)N1C(=O)[C@@H]2[C@H]3C=C[C@@H]([C@@H]4C[C@H]34)[C@@H]2C1=O)c1ccc(OC(=O)c2ccccc2)cc1. The number of nitrogens with zero attached hydrogens (tertiary/aromatic N) is 2. The Labute approximate surface area is 256 Å². The van der Waals surface area contributed by atoms with Crippen molar-refractivity contribution in [3.05, 3.63) is 112 Å². The van der Waals surface area contributed by atoms with E-state index < -0.39 is 47.9 Å². The van der Waals surface area contributed by atoms with Crippen LogP contribution in [0.1, 0.15) is 37.5 Å². The van der Waals surface area contributed by atoms with Gasteiger partial charge < -0.3 is 4.74 Å². The standard InChI is InChI=1S/C33H24Cl2N2O6/c34-25-13-8-19(14-26(25)35)30(39)36(37-31(40)28-21-11-12-22(24-15-23(21)24)29(28)32(37)41)16-27(38)17-6-9-20(10-7-17)43-33(42)18-4-2-1-3-5-18/h1-14,21-24,28-29H,15-16H2/t21-,22-,23-,24+,28-,29+/m0/s1. The van der Waals surface area contributed by atoms with Crippen molar-refractivity contribution >= 4 is 52.7 Å². The van der Waals surface area contributed by atoms with Gasteiger partial charge in [-0.3, -0.25) is 19.2 Å². The molecule has 43 heavy (non-hydrogen) atoms. The first-order valence-corrected chi connectivity index (χ1v) is 14.7. The topological polar surface area (TPSA) is 101 Å². The van der Waals surface area contributed by atoms with Crippen molar-refractivity contribution in [2.75, 3.05) is 6.54 Å². The summed E-state index contributed by atoms with van der Waals surface area (Å²) in [6.45, 7) is -0.575. The normalized spacial score (nSPS) is 26.1. The maximum Gasteiger partial charge on any atom is 0.343 e. The fraction of sp³-hybridized carbons (Fsp3) is 0.242. The Kier molecular flexibility index (Phi) is 6.71. The van der Waals surface area contributed by atoms with Crippen molar-refractivity contribution in [3.63, 3.8) is 0 Å². The number of imide groups is 1. The number of esters is 1. The zero-order valence-corrected chi connectivity index (χ0v) is 24.1. The number of Topliss-reactive ketones (excluding diaryl/α,β-unsaturated/α-hetero) is 1. The second-order valence-corrected chi connectivity index (χ2v) is 12.2. The third-order valence-corrected chi connectivity index (χ3v) is 9.71. The van der Waals surface area contributed by atoms with Crippen LogP contribution in [0.3, 0.4) is 0 Å². The first kappa shape index (κ1) is 27.6. The minimum Gasteiger partial charge on any atom is -0.423 e. The highest BCUT2D eigenvalue weighted by atomic mass is 35.5. The van der Waals surface area contributed by atoms with Gasteiger partial charge in [-0.2, -0.15) is 5.01 Å². The summed E-state index contributed by atoms with van der Waals surface area (Å²) in [5, 5.41) is 2.16. The zero-order valence-electron chi connectivity index (χ0n) is 22.6. The molecule has 8 rings (SSSR count). The molecule has 0 N–H and O–H groups in total. The van der Waals surface area contributed by atoms with Gasteiger partial charge in [0.05, 0.1) is 27.4 Å². The first-order valence-electron chi connectivity index (χ1n) is 14.0. The lowest BCUT2D eigenvalue weighted by Gasteiger charge is -2.37. The number of carbonyl (C=O) groups excluding carboxylic acids is 5. The van der Waals surface area contributed by atoms with Gasteiger partial charge in [-0.15, -0.1) is 0 Å². The quantitative estimate of drug-likeness (QED) is 0.114. The number of carbonyl (C=O) groups is 5. The molecule has 0 spiro atoms. The van der Waals surface area contributed by atoms with Gasteiger partial charge in [-0.25, -0.2) is 9.80 Å². The molecule has 2 bridgehead atoms. The molecule has 5 aliphatic rings. The molecule has 2 saturated carbocycles. The average molecular weight is 615 g/mol. The molecule has 6 atom stereocenters. The summed E-state index contributed by atoms with van der Waals surface area (Å²) < 4.78 is 5.39. The number of allylic oxidation sites excluding steroid dienone is 2. The van der Waals surface area contributed by atoms with Crippen molar-refractivity contribution < 1.29 is 28.7 Å². The van der Waals surface area contributed by atoms with Crippen LogP contribution < -0.4 is 4.74 Å². The highest BCUT2D eigenvalue weighted by molar-refractivity contribution is 6.42. The molecule has 1 saturated heterocycles. The van der Waals surface area contributed by atoms with Crippen LogP contribution in [0.2, 0.25) is 10.0 Å². The maximum atomic E-state index is 13.9. The van der Waals surface area contributed by atoms with Gasteiger partial charge in [0.2, 0.25) is 0 Å². The Balaban J connectivity index is 1.16. The minimum atomic E-state index is -0.730. The molecule has 3 aromatic rings. The van der Waals surface area contributed by atoms with E-state index in [-0.39, 0.29) is 38.8 Å².